The van der Waals surface area contributed by atoms with Gasteiger partial charge >= 0.3 is 6.03 Å². The molecule has 3 rings (SSSR count). The number of nitrogens with one attached hydrogen (secondary N) is 2. The molecule has 2 aliphatic rings. The van der Waals surface area contributed by atoms with E-state index in [9.17, 15) is 4.79 Å². The van der Waals surface area contributed by atoms with Crippen LogP contribution in [-0.2, 0) is 11.8 Å². The van der Waals surface area contributed by atoms with Crippen molar-refractivity contribution in [3.05, 3.63) is 11.9 Å². The van der Waals surface area contributed by atoms with Gasteiger partial charge in [0.1, 0.15) is 0 Å². The first kappa shape index (κ1) is 16.3. The molecule has 2 fully saturated rings. The van der Waals surface area contributed by atoms with E-state index in [-0.39, 0.29) is 12.1 Å². The van der Waals surface area contributed by atoms with E-state index in [1.165, 1.54) is 12.8 Å². The van der Waals surface area contributed by atoms with Gasteiger partial charge in [-0.1, -0.05) is 0 Å². The van der Waals surface area contributed by atoms with E-state index in [1.54, 1.807) is 10.9 Å². The molecule has 0 spiro atoms. The van der Waals surface area contributed by atoms with Gasteiger partial charge in [0.25, 0.3) is 0 Å². The number of nitrogens with zero attached hydrogens (tertiary/aromatic N) is 3. The van der Waals surface area contributed by atoms with Crippen LogP contribution in [0.5, 0.6) is 0 Å². The minimum Gasteiger partial charge on any atom is -0.377 e. The van der Waals surface area contributed by atoms with Gasteiger partial charge in [-0.2, -0.15) is 5.10 Å². The molecular formula is C16H27N5O2. The Balaban J connectivity index is 1.39. The van der Waals surface area contributed by atoms with Crippen molar-refractivity contribution in [3.63, 3.8) is 0 Å². The number of anilines is 1. The number of urea groups is 1. The van der Waals surface area contributed by atoms with Crippen LogP contribution in [0.15, 0.2) is 6.20 Å². The normalized spacial score (nSPS) is 23.1. The first-order valence-electron chi connectivity index (χ1n) is 8.52. The van der Waals surface area contributed by atoms with Crippen molar-refractivity contribution in [3.8, 4) is 0 Å². The second-order valence-electron chi connectivity index (χ2n) is 6.58. The number of rotatable bonds is 4. The zero-order valence-corrected chi connectivity index (χ0v) is 14.0. The van der Waals surface area contributed by atoms with Crippen molar-refractivity contribution in [1.82, 2.24) is 20.0 Å². The Morgan fingerprint density at radius 3 is 2.78 bits per heavy atom. The molecule has 1 aromatic heterocycles. The van der Waals surface area contributed by atoms with Crippen LogP contribution in [0.4, 0.5) is 10.5 Å². The fourth-order valence-corrected chi connectivity index (χ4v) is 3.30. The third-order valence-corrected chi connectivity index (χ3v) is 4.89. The lowest BCUT2D eigenvalue weighted by Gasteiger charge is -2.33. The smallest absolute Gasteiger partial charge is 0.319 e. The van der Waals surface area contributed by atoms with Gasteiger partial charge in [0.2, 0.25) is 0 Å². The highest BCUT2D eigenvalue weighted by molar-refractivity contribution is 5.89. The van der Waals surface area contributed by atoms with Gasteiger partial charge in [-0.25, -0.2) is 4.79 Å². The van der Waals surface area contributed by atoms with Crippen molar-refractivity contribution in [1.29, 1.82) is 0 Å². The van der Waals surface area contributed by atoms with Crippen LogP contribution in [0, 0.1) is 6.92 Å². The first-order chi connectivity index (χ1) is 11.1. The van der Waals surface area contributed by atoms with Crippen molar-refractivity contribution in [2.45, 2.75) is 44.8 Å². The summed E-state index contributed by atoms with van der Waals surface area (Å²) in [6.45, 7) is 5.93. The summed E-state index contributed by atoms with van der Waals surface area (Å²) in [6, 6.07) is 0.103. The van der Waals surface area contributed by atoms with Crippen LogP contribution >= 0.6 is 0 Å². The number of amides is 2. The number of aryl methyl sites for hydroxylation is 1. The molecule has 2 saturated heterocycles. The number of piperidine rings is 1. The second kappa shape index (κ2) is 7.31. The largest absolute Gasteiger partial charge is 0.377 e. The van der Waals surface area contributed by atoms with Gasteiger partial charge in [0.05, 0.1) is 23.7 Å². The van der Waals surface area contributed by atoms with Gasteiger partial charge in [0.15, 0.2) is 0 Å². The molecule has 0 bridgehead atoms. The first-order valence-corrected chi connectivity index (χ1v) is 8.52. The standard InChI is InChI=1S/C16H27N5O2/c1-12-15(10-17-20(12)2)19-16(22)18-13-5-7-21(8-6-13)11-14-4-3-9-23-14/h10,13-14H,3-9,11H2,1-2H3,(H2,18,19,22)/t14-/m1/s1. The number of carbonyl (C=O) groups is 1. The minimum absolute atomic E-state index is 0.140. The maximum atomic E-state index is 12.1. The summed E-state index contributed by atoms with van der Waals surface area (Å²) in [5.41, 5.74) is 1.72. The zero-order valence-electron chi connectivity index (χ0n) is 14.0. The van der Waals surface area contributed by atoms with Crippen LogP contribution in [0.2, 0.25) is 0 Å². The molecular weight excluding hydrogens is 294 g/mol. The van der Waals surface area contributed by atoms with E-state index in [4.69, 9.17) is 4.74 Å². The highest BCUT2D eigenvalue weighted by atomic mass is 16.5. The molecule has 3 heterocycles. The van der Waals surface area contributed by atoms with Gasteiger partial charge in [-0.3, -0.25) is 4.68 Å². The van der Waals surface area contributed by atoms with Crippen LogP contribution in [0.25, 0.3) is 0 Å². The van der Waals surface area contributed by atoms with Crippen molar-refractivity contribution in [2.75, 3.05) is 31.6 Å². The molecule has 0 unspecified atom stereocenters. The maximum Gasteiger partial charge on any atom is 0.319 e. The van der Waals surface area contributed by atoms with E-state index in [0.29, 0.717) is 6.10 Å². The van der Waals surface area contributed by atoms with Crippen molar-refractivity contribution >= 4 is 11.7 Å². The van der Waals surface area contributed by atoms with E-state index >= 15 is 0 Å². The predicted octanol–water partition coefficient (Wildman–Crippen LogP) is 1.49. The van der Waals surface area contributed by atoms with Gasteiger partial charge in [0, 0.05) is 39.3 Å². The summed E-state index contributed by atoms with van der Waals surface area (Å²) >= 11 is 0. The molecule has 2 N–H and O–H groups in total. The van der Waals surface area contributed by atoms with Crippen molar-refractivity contribution in [2.24, 2.45) is 7.05 Å². The van der Waals surface area contributed by atoms with Crippen LogP contribution in [0.1, 0.15) is 31.4 Å². The van der Waals surface area contributed by atoms with E-state index in [1.807, 2.05) is 14.0 Å². The van der Waals surface area contributed by atoms with Crippen LogP contribution in [-0.4, -0.2) is 59.1 Å². The summed E-state index contributed by atoms with van der Waals surface area (Å²) in [6.07, 6.45) is 6.45. The molecule has 7 heteroatoms. The highest BCUT2D eigenvalue weighted by Gasteiger charge is 2.24. The number of hydrogen-bond acceptors (Lipinski definition) is 4. The summed E-state index contributed by atoms with van der Waals surface area (Å²) in [7, 11) is 1.86. The SMILES string of the molecule is Cc1c(NC(=O)NC2CCN(C[C@H]3CCCO3)CC2)cnn1C. The van der Waals surface area contributed by atoms with Crippen LogP contribution in [0.3, 0.4) is 0 Å². The lowest BCUT2D eigenvalue weighted by atomic mass is 10.0. The topological polar surface area (TPSA) is 71.4 Å². The maximum absolute atomic E-state index is 12.1. The Morgan fingerprint density at radius 2 is 2.17 bits per heavy atom. The average molecular weight is 321 g/mol. The quantitative estimate of drug-likeness (QED) is 0.881. The average Bonchev–Trinajstić information content (AvgIpc) is 3.15. The molecule has 0 aromatic carbocycles. The number of carbonyl (C=O) groups excluding carboxylic acids is 1. The highest BCUT2D eigenvalue weighted by Crippen LogP contribution is 2.17. The molecule has 0 radical (unpaired) electrons. The Morgan fingerprint density at radius 1 is 1.39 bits per heavy atom. The number of aromatic nitrogens is 2. The Bertz CT molecular complexity index is 531. The second-order valence-corrected chi connectivity index (χ2v) is 6.58. The molecule has 1 aromatic rings. The molecule has 128 valence electrons. The molecule has 0 aliphatic carbocycles. The van der Waals surface area contributed by atoms with Gasteiger partial charge in [-0.05, 0) is 32.6 Å². The Kier molecular flexibility index (Phi) is 5.17. The zero-order chi connectivity index (χ0) is 16.2. The van der Waals surface area contributed by atoms with E-state index in [2.05, 4.69) is 20.6 Å². The van der Waals surface area contributed by atoms with Gasteiger partial charge in [-0.15, -0.1) is 0 Å². The summed E-state index contributed by atoms with van der Waals surface area (Å²) in [4.78, 5) is 14.6. The molecule has 0 saturated carbocycles. The molecule has 1 atom stereocenters. The monoisotopic (exact) mass is 321 g/mol. The number of likely N-dealkylation sites (tertiary alicyclic amines) is 1. The third-order valence-electron chi connectivity index (χ3n) is 4.89. The predicted molar refractivity (Wildman–Crippen MR) is 88.5 cm³/mol. The minimum atomic E-state index is -0.140. The van der Waals surface area contributed by atoms with Crippen LogP contribution < -0.4 is 10.6 Å². The summed E-state index contributed by atoms with van der Waals surface area (Å²) < 4.78 is 7.45. The number of hydrogen-bond donors (Lipinski definition) is 2. The molecule has 7 nitrogen and oxygen atoms in total. The molecule has 23 heavy (non-hydrogen) atoms. The molecule has 2 amide bonds. The Labute approximate surface area is 137 Å². The summed E-state index contributed by atoms with van der Waals surface area (Å²) in [5, 5.41) is 10.1. The third kappa shape index (κ3) is 4.23. The molecule has 2 aliphatic heterocycles. The van der Waals surface area contributed by atoms with E-state index < -0.39 is 0 Å². The Hall–Kier alpha value is -1.60. The lowest BCUT2D eigenvalue weighted by Crippen LogP contribution is -2.47. The van der Waals surface area contributed by atoms with Crippen molar-refractivity contribution < 1.29 is 9.53 Å². The fraction of sp³-hybridized carbons (Fsp3) is 0.750. The fourth-order valence-electron chi connectivity index (χ4n) is 3.30. The van der Waals surface area contributed by atoms with E-state index in [0.717, 1.165) is 50.5 Å². The van der Waals surface area contributed by atoms with Gasteiger partial charge < -0.3 is 20.3 Å². The summed E-state index contributed by atoms with van der Waals surface area (Å²) in [5.74, 6) is 0. The lowest BCUT2D eigenvalue weighted by molar-refractivity contribution is 0.0633. The number of ether oxygens (including phenoxy) is 1.